The van der Waals surface area contributed by atoms with Crippen LogP contribution in [-0.2, 0) is 13.0 Å². The molecule has 0 fully saturated rings. The quantitative estimate of drug-likeness (QED) is 0.679. The molecule has 2 rings (SSSR count). The smallest absolute Gasteiger partial charge is 0.127 e. The fraction of sp³-hybridized carbons (Fsp3) is 0.400. The summed E-state index contributed by atoms with van der Waals surface area (Å²) in [4.78, 5) is 0. The third-order valence-electron chi connectivity index (χ3n) is 2.22. The Hall–Kier alpha value is -1.02. The maximum atomic E-state index is 5.61. The molecule has 1 heterocycles. The SMILES string of the molecule is Cc1cc(CN)c2c(c1)CCO2. The van der Waals surface area contributed by atoms with Crippen molar-refractivity contribution in [2.75, 3.05) is 6.61 Å². The van der Waals surface area contributed by atoms with Gasteiger partial charge in [0, 0.05) is 18.5 Å². The van der Waals surface area contributed by atoms with E-state index in [4.69, 9.17) is 10.5 Å². The molecule has 0 spiro atoms. The van der Waals surface area contributed by atoms with Crippen molar-refractivity contribution in [1.29, 1.82) is 0 Å². The Balaban J connectivity index is 2.55. The van der Waals surface area contributed by atoms with Crippen LogP contribution in [0.2, 0.25) is 0 Å². The summed E-state index contributed by atoms with van der Waals surface area (Å²) >= 11 is 0. The lowest BCUT2D eigenvalue weighted by Gasteiger charge is -2.06. The van der Waals surface area contributed by atoms with Gasteiger partial charge < -0.3 is 10.5 Å². The Kier molecular flexibility index (Phi) is 1.77. The summed E-state index contributed by atoms with van der Waals surface area (Å²) < 4.78 is 5.50. The first kappa shape index (κ1) is 7.62. The lowest BCUT2D eigenvalue weighted by molar-refractivity contribution is 0.353. The van der Waals surface area contributed by atoms with Gasteiger partial charge in [-0.25, -0.2) is 0 Å². The lowest BCUT2D eigenvalue weighted by Crippen LogP contribution is -1.99. The Morgan fingerprint density at radius 2 is 2.33 bits per heavy atom. The molecule has 1 aromatic carbocycles. The molecule has 1 aliphatic rings. The summed E-state index contributed by atoms with van der Waals surface area (Å²) in [7, 11) is 0. The third kappa shape index (κ3) is 1.08. The average Bonchev–Trinajstić information content (AvgIpc) is 2.50. The molecule has 2 nitrogen and oxygen atoms in total. The van der Waals surface area contributed by atoms with Gasteiger partial charge >= 0.3 is 0 Å². The zero-order valence-corrected chi connectivity index (χ0v) is 7.26. The fourth-order valence-corrected chi connectivity index (χ4v) is 1.71. The summed E-state index contributed by atoms with van der Waals surface area (Å²) in [6.45, 7) is 3.48. The normalized spacial score (nSPS) is 14.2. The topological polar surface area (TPSA) is 35.2 Å². The zero-order valence-electron chi connectivity index (χ0n) is 7.26. The van der Waals surface area contributed by atoms with Gasteiger partial charge in [0.15, 0.2) is 0 Å². The van der Waals surface area contributed by atoms with Crippen LogP contribution in [0.15, 0.2) is 12.1 Å². The van der Waals surface area contributed by atoms with Gasteiger partial charge in [0.25, 0.3) is 0 Å². The van der Waals surface area contributed by atoms with Crippen molar-refractivity contribution in [3.63, 3.8) is 0 Å². The monoisotopic (exact) mass is 163 g/mol. The predicted octanol–water partition coefficient (Wildman–Crippen LogP) is 1.39. The standard InChI is InChI=1S/C10H13NO/c1-7-4-8-2-3-12-10(8)9(5-7)6-11/h4-5H,2-3,6,11H2,1H3. The second-order valence-corrected chi connectivity index (χ2v) is 3.21. The van der Waals surface area contributed by atoms with Crippen LogP contribution in [0.4, 0.5) is 0 Å². The highest BCUT2D eigenvalue weighted by Crippen LogP contribution is 2.30. The first-order chi connectivity index (χ1) is 5.81. The van der Waals surface area contributed by atoms with Crippen LogP contribution < -0.4 is 10.5 Å². The minimum Gasteiger partial charge on any atom is -0.493 e. The van der Waals surface area contributed by atoms with Gasteiger partial charge in [0.1, 0.15) is 5.75 Å². The lowest BCUT2D eigenvalue weighted by atomic mass is 10.0. The van der Waals surface area contributed by atoms with Crippen LogP contribution in [0.5, 0.6) is 5.75 Å². The van der Waals surface area contributed by atoms with Crippen molar-refractivity contribution < 1.29 is 4.74 Å². The van der Waals surface area contributed by atoms with E-state index in [9.17, 15) is 0 Å². The van der Waals surface area contributed by atoms with Crippen LogP contribution in [-0.4, -0.2) is 6.61 Å². The first-order valence-corrected chi connectivity index (χ1v) is 4.26. The molecule has 64 valence electrons. The molecule has 2 heteroatoms. The van der Waals surface area contributed by atoms with E-state index in [0.29, 0.717) is 6.54 Å². The average molecular weight is 163 g/mol. The number of aryl methyl sites for hydroxylation is 1. The van der Waals surface area contributed by atoms with Gasteiger partial charge in [0.2, 0.25) is 0 Å². The van der Waals surface area contributed by atoms with E-state index >= 15 is 0 Å². The second-order valence-electron chi connectivity index (χ2n) is 3.21. The van der Waals surface area contributed by atoms with Crippen LogP contribution in [0.3, 0.4) is 0 Å². The zero-order chi connectivity index (χ0) is 8.55. The minimum absolute atomic E-state index is 0.573. The van der Waals surface area contributed by atoms with Crippen molar-refractivity contribution in [3.05, 3.63) is 28.8 Å². The van der Waals surface area contributed by atoms with Crippen LogP contribution in [0.1, 0.15) is 16.7 Å². The van der Waals surface area contributed by atoms with E-state index in [2.05, 4.69) is 19.1 Å². The highest BCUT2D eigenvalue weighted by molar-refractivity contribution is 5.46. The maximum Gasteiger partial charge on any atom is 0.127 e. The number of hydrogen-bond donors (Lipinski definition) is 1. The van der Waals surface area contributed by atoms with E-state index in [1.807, 2.05) is 0 Å². The fourth-order valence-electron chi connectivity index (χ4n) is 1.71. The highest BCUT2D eigenvalue weighted by Gasteiger charge is 2.15. The molecular formula is C10H13NO. The molecular weight excluding hydrogens is 150 g/mol. The molecule has 0 radical (unpaired) electrons. The summed E-state index contributed by atoms with van der Waals surface area (Å²) in [5.74, 6) is 1.03. The Morgan fingerprint density at radius 3 is 3.08 bits per heavy atom. The molecule has 0 unspecified atom stereocenters. The summed E-state index contributed by atoms with van der Waals surface area (Å²) in [5, 5.41) is 0. The second kappa shape index (κ2) is 2.79. The summed E-state index contributed by atoms with van der Waals surface area (Å²) in [6, 6.07) is 4.28. The molecule has 0 aromatic heterocycles. The molecule has 0 aliphatic carbocycles. The summed E-state index contributed by atoms with van der Waals surface area (Å²) in [5.41, 5.74) is 9.35. The van der Waals surface area contributed by atoms with E-state index in [-0.39, 0.29) is 0 Å². The van der Waals surface area contributed by atoms with E-state index in [0.717, 1.165) is 24.3 Å². The van der Waals surface area contributed by atoms with Gasteiger partial charge in [0.05, 0.1) is 6.61 Å². The summed E-state index contributed by atoms with van der Waals surface area (Å²) in [6.07, 6.45) is 1.03. The predicted molar refractivity (Wildman–Crippen MR) is 48.3 cm³/mol. The van der Waals surface area contributed by atoms with Gasteiger partial charge in [-0.15, -0.1) is 0 Å². The van der Waals surface area contributed by atoms with Crippen LogP contribution in [0.25, 0.3) is 0 Å². The number of rotatable bonds is 1. The molecule has 0 atom stereocenters. The van der Waals surface area contributed by atoms with Crippen molar-refractivity contribution in [2.45, 2.75) is 19.9 Å². The molecule has 12 heavy (non-hydrogen) atoms. The molecule has 1 aliphatic heterocycles. The number of benzene rings is 1. The van der Waals surface area contributed by atoms with Gasteiger partial charge in [-0.05, 0) is 12.5 Å². The van der Waals surface area contributed by atoms with Crippen molar-refractivity contribution in [1.82, 2.24) is 0 Å². The molecule has 2 N–H and O–H groups in total. The number of hydrogen-bond acceptors (Lipinski definition) is 2. The van der Waals surface area contributed by atoms with Gasteiger partial charge in [-0.1, -0.05) is 17.7 Å². The first-order valence-electron chi connectivity index (χ1n) is 4.26. The minimum atomic E-state index is 0.573. The highest BCUT2D eigenvalue weighted by atomic mass is 16.5. The Labute approximate surface area is 72.3 Å². The van der Waals surface area contributed by atoms with E-state index in [1.54, 1.807) is 0 Å². The number of ether oxygens (including phenoxy) is 1. The maximum absolute atomic E-state index is 5.61. The van der Waals surface area contributed by atoms with Crippen LogP contribution >= 0.6 is 0 Å². The molecule has 0 saturated heterocycles. The molecule has 0 bridgehead atoms. The van der Waals surface area contributed by atoms with E-state index < -0.39 is 0 Å². The van der Waals surface area contributed by atoms with Crippen molar-refractivity contribution >= 4 is 0 Å². The molecule has 0 saturated carbocycles. The molecule has 1 aromatic rings. The van der Waals surface area contributed by atoms with Crippen molar-refractivity contribution in [3.8, 4) is 5.75 Å². The Bertz CT molecular complexity index is 307. The van der Waals surface area contributed by atoms with Crippen LogP contribution in [0, 0.1) is 6.92 Å². The number of fused-ring (bicyclic) bond motifs is 1. The van der Waals surface area contributed by atoms with Crippen molar-refractivity contribution in [2.24, 2.45) is 5.73 Å². The van der Waals surface area contributed by atoms with Gasteiger partial charge in [-0.3, -0.25) is 0 Å². The van der Waals surface area contributed by atoms with Gasteiger partial charge in [-0.2, -0.15) is 0 Å². The Morgan fingerprint density at radius 1 is 1.50 bits per heavy atom. The third-order valence-corrected chi connectivity index (χ3v) is 2.22. The number of nitrogens with two attached hydrogens (primary N) is 1. The molecule has 0 amide bonds. The largest absolute Gasteiger partial charge is 0.493 e. The van der Waals surface area contributed by atoms with E-state index in [1.165, 1.54) is 11.1 Å².